The van der Waals surface area contributed by atoms with E-state index in [9.17, 15) is 41.4 Å². The van der Waals surface area contributed by atoms with E-state index in [4.69, 9.17) is 21.1 Å². The number of anilines is 2. The fraction of sp³-hybridized carbons (Fsp3) is 0.303. The lowest BCUT2D eigenvalue weighted by Gasteiger charge is -2.36. The van der Waals surface area contributed by atoms with Crippen molar-refractivity contribution in [2.75, 3.05) is 43.2 Å². The van der Waals surface area contributed by atoms with Crippen molar-refractivity contribution < 1.29 is 46.1 Å². The number of halogens is 6. The molecule has 5 heterocycles. The van der Waals surface area contributed by atoms with Crippen LogP contribution in [0.15, 0.2) is 47.5 Å². The van der Waals surface area contributed by atoms with Crippen LogP contribution in [0.4, 0.5) is 33.3 Å². The van der Waals surface area contributed by atoms with Crippen molar-refractivity contribution in [3.63, 3.8) is 0 Å². The number of benzene rings is 2. The molecular formula is C33H27ClF5N9O6. The van der Waals surface area contributed by atoms with Crippen molar-refractivity contribution in [2.24, 2.45) is 0 Å². The molecule has 0 saturated carbocycles. The number of hydrogen-bond donors (Lipinski definition) is 2. The molecule has 1 fully saturated rings. The van der Waals surface area contributed by atoms with Gasteiger partial charge < -0.3 is 34.3 Å². The van der Waals surface area contributed by atoms with E-state index in [2.05, 4.69) is 25.4 Å². The SMILES string of the molecule is CCc1c(N2CCN(C(=O)c3ncnc(C(F)F)c3O)CC2)c(=O)n2nc(-c3cccc4c3OCO4)nc2n1CC(=O)Nc1ccc(C(F)(F)F)cc1Cl. The molecule has 0 bridgehead atoms. The predicted octanol–water partition coefficient (Wildman–Crippen LogP) is 4.56. The van der Waals surface area contributed by atoms with E-state index in [-0.39, 0.29) is 67.4 Å². The van der Waals surface area contributed by atoms with Gasteiger partial charge in [-0.3, -0.25) is 14.4 Å². The van der Waals surface area contributed by atoms with Gasteiger partial charge in [0, 0.05) is 26.2 Å². The zero-order chi connectivity index (χ0) is 38.5. The van der Waals surface area contributed by atoms with Crippen LogP contribution in [0.5, 0.6) is 17.2 Å². The van der Waals surface area contributed by atoms with Crippen molar-refractivity contribution >= 4 is 40.6 Å². The lowest BCUT2D eigenvalue weighted by atomic mass is 10.2. The molecule has 0 aliphatic carbocycles. The third-order valence-electron chi connectivity index (χ3n) is 8.81. The molecule has 2 aliphatic rings. The zero-order valence-electron chi connectivity index (χ0n) is 27.9. The Balaban J connectivity index is 1.25. The summed E-state index contributed by atoms with van der Waals surface area (Å²) < 4.78 is 79.9. The molecule has 0 unspecified atom stereocenters. The highest BCUT2D eigenvalue weighted by molar-refractivity contribution is 6.33. The van der Waals surface area contributed by atoms with Crippen LogP contribution in [-0.2, 0) is 23.9 Å². The van der Waals surface area contributed by atoms with E-state index in [1.165, 1.54) is 9.47 Å². The maximum Gasteiger partial charge on any atom is 0.416 e. The summed E-state index contributed by atoms with van der Waals surface area (Å²) in [4.78, 5) is 55.7. The lowest BCUT2D eigenvalue weighted by Crippen LogP contribution is -2.51. The minimum Gasteiger partial charge on any atom is -0.504 e. The smallest absolute Gasteiger partial charge is 0.416 e. The second kappa shape index (κ2) is 14.1. The molecule has 7 rings (SSSR count). The number of carbonyl (C=O) groups excluding carboxylic acids is 2. The molecule has 3 aromatic heterocycles. The maximum absolute atomic E-state index is 14.3. The number of fused-ring (bicyclic) bond motifs is 2. The molecule has 2 N–H and O–H groups in total. The molecule has 54 heavy (non-hydrogen) atoms. The van der Waals surface area contributed by atoms with Gasteiger partial charge in [-0.05, 0) is 36.8 Å². The molecule has 1 saturated heterocycles. The van der Waals surface area contributed by atoms with Crippen molar-refractivity contribution in [3.05, 3.63) is 80.7 Å². The molecular weight excluding hydrogens is 749 g/mol. The highest BCUT2D eigenvalue weighted by Gasteiger charge is 2.33. The van der Waals surface area contributed by atoms with Gasteiger partial charge in [0.1, 0.15) is 18.6 Å². The van der Waals surface area contributed by atoms with Gasteiger partial charge in [0.25, 0.3) is 17.9 Å². The minimum atomic E-state index is -4.66. The Bertz CT molecular complexity index is 2360. The first-order valence-electron chi connectivity index (χ1n) is 16.2. The molecule has 15 nitrogen and oxygen atoms in total. The first-order chi connectivity index (χ1) is 25.8. The Labute approximate surface area is 305 Å². The standard InChI is InChI=1S/C33H27ClF5N9O6/c1-2-20-25(45-8-10-46(11-9-45)30(51)24-26(50)23(28(35)36)40-14-41-24)31(52)48-32(43-29(44-48)17-4-3-5-21-27(17)54-15-53-21)47(20)13-22(49)42-19-7-6-16(12-18(19)34)33(37,38)39/h3-7,12,14,28,50H,2,8-11,13,15H2,1H3,(H,42,49). The average molecular weight is 776 g/mol. The van der Waals surface area contributed by atoms with Crippen molar-refractivity contribution in [3.8, 4) is 28.6 Å². The van der Waals surface area contributed by atoms with Gasteiger partial charge in [-0.25, -0.2) is 18.7 Å². The van der Waals surface area contributed by atoms with Crippen LogP contribution in [0.25, 0.3) is 17.2 Å². The number of hydrogen-bond acceptors (Lipinski definition) is 11. The van der Waals surface area contributed by atoms with Gasteiger partial charge in [0.05, 0.1) is 27.5 Å². The van der Waals surface area contributed by atoms with Crippen molar-refractivity contribution in [2.45, 2.75) is 32.5 Å². The number of piperazine rings is 1. The Morgan fingerprint density at radius 1 is 1.07 bits per heavy atom. The molecule has 2 aromatic carbocycles. The number of aromatic hydroxyl groups is 1. The molecule has 282 valence electrons. The van der Waals surface area contributed by atoms with Crippen LogP contribution in [-0.4, -0.2) is 83.9 Å². The molecule has 5 aromatic rings. The number of alkyl halides is 5. The minimum absolute atomic E-state index is 0.0179. The van der Waals surface area contributed by atoms with E-state index in [1.54, 1.807) is 30.0 Å². The fourth-order valence-corrected chi connectivity index (χ4v) is 6.50. The normalized spacial score (nSPS) is 14.3. The fourth-order valence-electron chi connectivity index (χ4n) is 6.27. The molecule has 0 radical (unpaired) electrons. The van der Waals surface area contributed by atoms with E-state index in [0.29, 0.717) is 28.8 Å². The lowest BCUT2D eigenvalue weighted by molar-refractivity contribution is -0.137. The second-order valence-corrected chi connectivity index (χ2v) is 12.4. The maximum atomic E-state index is 14.3. The summed E-state index contributed by atoms with van der Waals surface area (Å²) in [5.74, 6) is -1.76. The number of aromatic nitrogens is 6. The predicted molar refractivity (Wildman–Crippen MR) is 180 cm³/mol. The van der Waals surface area contributed by atoms with Crippen LogP contribution in [0.1, 0.15) is 40.8 Å². The second-order valence-electron chi connectivity index (χ2n) is 12.0. The Hall–Kier alpha value is -6.05. The van der Waals surface area contributed by atoms with Crippen molar-refractivity contribution in [1.29, 1.82) is 0 Å². The van der Waals surface area contributed by atoms with Gasteiger partial charge in [-0.2, -0.15) is 22.7 Å². The van der Waals surface area contributed by atoms with Crippen LogP contribution >= 0.6 is 11.6 Å². The highest BCUT2D eigenvalue weighted by atomic mass is 35.5. The molecule has 0 spiro atoms. The largest absolute Gasteiger partial charge is 0.504 e. The summed E-state index contributed by atoms with van der Waals surface area (Å²) in [5.41, 5.74) is -2.41. The van der Waals surface area contributed by atoms with Crippen LogP contribution in [0.3, 0.4) is 0 Å². The number of para-hydroxylation sites is 1. The number of nitrogens with one attached hydrogen (secondary N) is 1. The van der Waals surface area contributed by atoms with Crippen molar-refractivity contribution in [1.82, 2.24) is 34.0 Å². The Morgan fingerprint density at radius 2 is 1.83 bits per heavy atom. The van der Waals surface area contributed by atoms with Gasteiger partial charge in [-0.1, -0.05) is 24.6 Å². The first-order valence-corrected chi connectivity index (χ1v) is 16.6. The zero-order valence-corrected chi connectivity index (χ0v) is 28.7. The molecule has 2 aliphatic heterocycles. The summed E-state index contributed by atoms with van der Waals surface area (Å²) in [7, 11) is 0. The molecule has 2 amide bonds. The quantitative estimate of drug-likeness (QED) is 0.212. The number of rotatable bonds is 8. The first kappa shape index (κ1) is 36.3. The number of ether oxygens (including phenoxy) is 2. The number of nitrogens with zero attached hydrogens (tertiary/aromatic N) is 8. The monoisotopic (exact) mass is 775 g/mol. The molecule has 0 atom stereocenters. The summed E-state index contributed by atoms with van der Waals surface area (Å²) in [6, 6.07) is 7.51. The number of amides is 2. The van der Waals surface area contributed by atoms with E-state index < -0.39 is 59.2 Å². The summed E-state index contributed by atoms with van der Waals surface area (Å²) in [6.07, 6.45) is -6.86. The van der Waals surface area contributed by atoms with Crippen LogP contribution in [0.2, 0.25) is 5.02 Å². The van der Waals surface area contributed by atoms with Gasteiger partial charge >= 0.3 is 6.18 Å². The average Bonchev–Trinajstić information content (AvgIpc) is 3.81. The number of carbonyl (C=O) groups is 2. The van der Waals surface area contributed by atoms with E-state index in [1.807, 2.05) is 0 Å². The topological polar surface area (TPSA) is 169 Å². The summed E-state index contributed by atoms with van der Waals surface area (Å²) >= 11 is 6.10. The highest BCUT2D eigenvalue weighted by Crippen LogP contribution is 2.40. The third-order valence-corrected chi connectivity index (χ3v) is 9.13. The van der Waals surface area contributed by atoms with Crippen LogP contribution in [0, 0.1) is 0 Å². The molecule has 21 heteroatoms. The summed E-state index contributed by atoms with van der Waals surface area (Å²) in [6.45, 7) is 1.27. The van der Waals surface area contributed by atoms with E-state index in [0.717, 1.165) is 23.0 Å². The Morgan fingerprint density at radius 3 is 2.52 bits per heavy atom. The van der Waals surface area contributed by atoms with Gasteiger partial charge in [-0.15, -0.1) is 5.10 Å². The van der Waals surface area contributed by atoms with Gasteiger partial charge in [0.2, 0.25) is 18.5 Å². The van der Waals surface area contributed by atoms with E-state index >= 15 is 0 Å². The van der Waals surface area contributed by atoms with Crippen LogP contribution < -0.4 is 25.2 Å². The third kappa shape index (κ3) is 6.56. The van der Waals surface area contributed by atoms with Gasteiger partial charge in [0.15, 0.2) is 34.5 Å². The Kier molecular flexibility index (Phi) is 9.46. The summed E-state index contributed by atoms with van der Waals surface area (Å²) in [5, 5.41) is 16.9.